The first-order valence-electron chi connectivity index (χ1n) is 4.20. The molecule has 0 radical (unpaired) electrons. The molecule has 0 spiro atoms. The van der Waals surface area contributed by atoms with Gasteiger partial charge in [-0.05, 0) is 12.8 Å². The van der Waals surface area contributed by atoms with Crippen molar-refractivity contribution in [1.82, 2.24) is 5.32 Å². The van der Waals surface area contributed by atoms with Gasteiger partial charge in [0, 0.05) is 12.5 Å². The minimum absolute atomic E-state index is 0.117. The van der Waals surface area contributed by atoms with Gasteiger partial charge in [-0.2, -0.15) is 0 Å². The summed E-state index contributed by atoms with van der Waals surface area (Å²) in [6.07, 6.45) is 4.20. The van der Waals surface area contributed by atoms with E-state index in [0.717, 1.165) is 25.1 Å². The molecule has 2 nitrogen and oxygen atoms in total. The summed E-state index contributed by atoms with van der Waals surface area (Å²) >= 11 is 0. The van der Waals surface area contributed by atoms with Gasteiger partial charge in [0.2, 0.25) is 0 Å². The number of Topliss-reactive ketones (excluding diaryl/α,β-unsaturated/α-hetero) is 1. The number of carbonyl (C=O) groups excluding carboxylic acids is 1. The zero-order valence-corrected chi connectivity index (χ0v) is 7.18. The van der Waals surface area contributed by atoms with Crippen LogP contribution in [0.2, 0.25) is 0 Å². The van der Waals surface area contributed by atoms with Gasteiger partial charge in [-0.3, -0.25) is 4.79 Å². The molecule has 0 amide bonds. The number of allylic oxidation sites excluding steroid dienone is 2. The van der Waals surface area contributed by atoms with Crippen LogP contribution >= 0.6 is 0 Å². The minimum Gasteiger partial charge on any atom is -0.382 e. The van der Waals surface area contributed by atoms with E-state index in [1.54, 1.807) is 0 Å². The molecule has 1 aliphatic rings. The fraction of sp³-hybridized carbons (Fsp3) is 0.667. The lowest BCUT2D eigenvalue weighted by atomic mass is 10.0. The molecule has 0 aromatic heterocycles. The zero-order chi connectivity index (χ0) is 8.27. The van der Waals surface area contributed by atoms with Crippen molar-refractivity contribution in [2.75, 3.05) is 6.54 Å². The third kappa shape index (κ3) is 2.07. The largest absolute Gasteiger partial charge is 0.382 e. The van der Waals surface area contributed by atoms with Gasteiger partial charge in [-0.1, -0.05) is 19.9 Å². The van der Waals surface area contributed by atoms with Gasteiger partial charge < -0.3 is 5.32 Å². The molecule has 0 bridgehead atoms. The summed E-state index contributed by atoms with van der Waals surface area (Å²) in [4.78, 5) is 11.4. The predicted octanol–water partition coefficient (Wildman–Crippen LogP) is 1.48. The molecule has 0 saturated carbocycles. The topological polar surface area (TPSA) is 29.1 Å². The van der Waals surface area contributed by atoms with E-state index in [1.807, 2.05) is 19.9 Å². The second-order valence-corrected chi connectivity index (χ2v) is 3.21. The van der Waals surface area contributed by atoms with Crippen LogP contribution in [0.4, 0.5) is 0 Å². The van der Waals surface area contributed by atoms with Crippen molar-refractivity contribution in [3.05, 3.63) is 11.8 Å². The molecule has 11 heavy (non-hydrogen) atoms. The van der Waals surface area contributed by atoms with Crippen LogP contribution < -0.4 is 5.32 Å². The van der Waals surface area contributed by atoms with Gasteiger partial charge in [0.25, 0.3) is 0 Å². The average Bonchev–Trinajstić information content (AvgIpc) is 2.05. The first kappa shape index (κ1) is 8.31. The van der Waals surface area contributed by atoms with E-state index >= 15 is 0 Å². The van der Waals surface area contributed by atoms with Crippen LogP contribution in [0.5, 0.6) is 0 Å². The van der Waals surface area contributed by atoms with Crippen LogP contribution in [0.3, 0.4) is 0 Å². The Morgan fingerprint density at radius 1 is 1.64 bits per heavy atom. The Hall–Kier alpha value is -0.790. The highest BCUT2D eigenvalue weighted by atomic mass is 16.1. The first-order chi connectivity index (χ1) is 5.22. The summed E-state index contributed by atoms with van der Waals surface area (Å²) in [6, 6.07) is 0. The molecule has 0 aliphatic carbocycles. The van der Waals surface area contributed by atoms with Crippen molar-refractivity contribution in [3.63, 3.8) is 0 Å². The monoisotopic (exact) mass is 153 g/mol. The molecule has 2 heteroatoms. The van der Waals surface area contributed by atoms with Crippen molar-refractivity contribution < 1.29 is 4.79 Å². The Balaban J connectivity index is 2.58. The molecule has 0 aromatic carbocycles. The van der Waals surface area contributed by atoms with Crippen LogP contribution in [0.25, 0.3) is 0 Å². The highest BCUT2D eigenvalue weighted by Gasteiger charge is 2.14. The lowest BCUT2D eigenvalue weighted by molar-refractivity contribution is -0.118. The second kappa shape index (κ2) is 3.56. The van der Waals surface area contributed by atoms with Crippen LogP contribution in [0.1, 0.15) is 26.7 Å². The van der Waals surface area contributed by atoms with Gasteiger partial charge in [0.15, 0.2) is 5.78 Å². The second-order valence-electron chi connectivity index (χ2n) is 3.21. The normalized spacial score (nSPS) is 17.5. The number of hydrogen-bond acceptors (Lipinski definition) is 2. The highest BCUT2D eigenvalue weighted by molar-refractivity contribution is 5.96. The Morgan fingerprint density at radius 3 is 2.82 bits per heavy atom. The van der Waals surface area contributed by atoms with E-state index in [4.69, 9.17) is 0 Å². The molecule has 0 fully saturated rings. The highest BCUT2D eigenvalue weighted by Crippen LogP contribution is 2.08. The lowest BCUT2D eigenvalue weighted by Crippen LogP contribution is -2.27. The number of ketones is 1. The van der Waals surface area contributed by atoms with Crippen molar-refractivity contribution in [1.29, 1.82) is 0 Å². The number of hydrogen-bond donors (Lipinski definition) is 1. The number of nitrogens with one attached hydrogen (secondary N) is 1. The van der Waals surface area contributed by atoms with Gasteiger partial charge in [-0.15, -0.1) is 0 Å². The Bertz CT molecular complexity index is 182. The standard InChI is InChI=1S/C9H15NO/c1-7(2)9(11)8-5-3-4-6-10-8/h5,7,10H,3-4,6H2,1-2H3. The third-order valence-electron chi connectivity index (χ3n) is 1.83. The molecule has 0 unspecified atom stereocenters. The van der Waals surface area contributed by atoms with Crippen molar-refractivity contribution in [3.8, 4) is 0 Å². The molecule has 0 saturated heterocycles. The van der Waals surface area contributed by atoms with Crippen molar-refractivity contribution >= 4 is 5.78 Å². The molecular formula is C9H15NO. The van der Waals surface area contributed by atoms with Gasteiger partial charge in [-0.25, -0.2) is 0 Å². The molecule has 1 rings (SSSR count). The van der Waals surface area contributed by atoms with Gasteiger partial charge in [0.1, 0.15) is 0 Å². The quantitative estimate of drug-likeness (QED) is 0.651. The van der Waals surface area contributed by atoms with Crippen molar-refractivity contribution in [2.24, 2.45) is 5.92 Å². The van der Waals surface area contributed by atoms with Crippen LogP contribution in [0.15, 0.2) is 11.8 Å². The SMILES string of the molecule is CC(C)C(=O)C1=CCCCN1. The molecule has 0 aromatic rings. The lowest BCUT2D eigenvalue weighted by Gasteiger charge is -2.15. The zero-order valence-electron chi connectivity index (χ0n) is 7.18. The summed E-state index contributed by atoms with van der Waals surface area (Å²) < 4.78 is 0. The van der Waals surface area contributed by atoms with Gasteiger partial charge >= 0.3 is 0 Å². The maximum atomic E-state index is 11.4. The summed E-state index contributed by atoms with van der Waals surface area (Å²) in [6.45, 7) is 4.81. The maximum absolute atomic E-state index is 11.4. The van der Waals surface area contributed by atoms with E-state index in [2.05, 4.69) is 5.32 Å². The molecule has 1 heterocycles. The smallest absolute Gasteiger partial charge is 0.180 e. The van der Waals surface area contributed by atoms with E-state index in [-0.39, 0.29) is 11.7 Å². The van der Waals surface area contributed by atoms with Crippen molar-refractivity contribution in [2.45, 2.75) is 26.7 Å². The van der Waals surface area contributed by atoms with Crippen LogP contribution in [0, 0.1) is 5.92 Å². The van der Waals surface area contributed by atoms with Crippen LogP contribution in [-0.2, 0) is 4.79 Å². The Kier molecular flexibility index (Phi) is 2.69. The summed E-state index contributed by atoms with van der Waals surface area (Å²) in [5, 5.41) is 3.11. The van der Waals surface area contributed by atoms with E-state index in [9.17, 15) is 4.79 Å². The van der Waals surface area contributed by atoms with Crippen LogP contribution in [-0.4, -0.2) is 12.3 Å². The van der Waals surface area contributed by atoms with Gasteiger partial charge in [0.05, 0.1) is 5.70 Å². The van der Waals surface area contributed by atoms with E-state index in [1.165, 1.54) is 0 Å². The van der Waals surface area contributed by atoms with E-state index < -0.39 is 0 Å². The molecule has 1 aliphatic heterocycles. The summed E-state index contributed by atoms with van der Waals surface area (Å²) in [5.74, 6) is 0.358. The average molecular weight is 153 g/mol. The third-order valence-corrected chi connectivity index (χ3v) is 1.83. The fourth-order valence-corrected chi connectivity index (χ4v) is 1.14. The Morgan fingerprint density at radius 2 is 2.36 bits per heavy atom. The molecule has 0 atom stereocenters. The Labute approximate surface area is 67.7 Å². The maximum Gasteiger partial charge on any atom is 0.180 e. The summed E-state index contributed by atoms with van der Waals surface area (Å²) in [5.41, 5.74) is 0.825. The first-order valence-corrected chi connectivity index (χ1v) is 4.20. The number of rotatable bonds is 2. The molecule has 1 N–H and O–H groups in total. The summed E-state index contributed by atoms with van der Waals surface area (Å²) in [7, 11) is 0. The minimum atomic E-state index is 0.117. The predicted molar refractivity (Wildman–Crippen MR) is 45.2 cm³/mol. The van der Waals surface area contributed by atoms with E-state index in [0.29, 0.717) is 0 Å². The number of carbonyl (C=O) groups is 1. The fourth-order valence-electron chi connectivity index (χ4n) is 1.14. The molecule has 62 valence electrons. The molecular weight excluding hydrogens is 138 g/mol.